The third-order valence-electron chi connectivity index (χ3n) is 7.53. The van der Waals surface area contributed by atoms with Crippen molar-refractivity contribution in [3.8, 4) is 6.07 Å². The van der Waals surface area contributed by atoms with Gasteiger partial charge in [-0.05, 0) is 61.4 Å². The van der Waals surface area contributed by atoms with Crippen molar-refractivity contribution in [2.45, 2.75) is 45.7 Å². The molecule has 7 nitrogen and oxygen atoms in total. The van der Waals surface area contributed by atoms with E-state index in [4.69, 9.17) is 11.6 Å². The lowest BCUT2D eigenvalue weighted by atomic mass is 9.78. The number of aryl methyl sites for hydroxylation is 2. The van der Waals surface area contributed by atoms with Crippen molar-refractivity contribution in [1.29, 1.82) is 5.26 Å². The Balaban J connectivity index is 1.35. The van der Waals surface area contributed by atoms with Crippen molar-refractivity contribution >= 4 is 28.5 Å². The number of halogens is 1. The molecule has 0 unspecified atom stereocenters. The molecule has 2 aromatic heterocycles. The second-order valence-corrected chi connectivity index (χ2v) is 10.2. The molecule has 2 aliphatic heterocycles. The van der Waals surface area contributed by atoms with E-state index in [9.17, 15) is 10.1 Å². The fourth-order valence-electron chi connectivity index (χ4n) is 5.52. The molecule has 4 heterocycles. The van der Waals surface area contributed by atoms with Crippen LogP contribution in [0.2, 0.25) is 5.02 Å². The van der Waals surface area contributed by atoms with Crippen LogP contribution in [0.25, 0.3) is 11.0 Å². The molecule has 3 aromatic rings. The number of fused-ring (bicyclic) bond motifs is 1. The highest BCUT2D eigenvalue weighted by atomic mass is 35.5. The minimum Gasteiger partial charge on any atom is -0.343 e. The summed E-state index contributed by atoms with van der Waals surface area (Å²) in [5, 5.41) is 11.0. The van der Waals surface area contributed by atoms with Gasteiger partial charge < -0.3 is 9.47 Å². The molecule has 1 amide bonds. The van der Waals surface area contributed by atoms with Crippen LogP contribution in [0.4, 0.5) is 0 Å². The van der Waals surface area contributed by atoms with Gasteiger partial charge in [-0.2, -0.15) is 5.26 Å². The number of nitrogens with zero attached hydrogens (tertiary/aromatic N) is 6. The summed E-state index contributed by atoms with van der Waals surface area (Å²) < 4.78 is 2.25. The van der Waals surface area contributed by atoms with Crippen molar-refractivity contribution in [3.05, 3.63) is 58.6 Å². The van der Waals surface area contributed by atoms with Gasteiger partial charge in [0.2, 0.25) is 11.7 Å². The molecule has 176 valence electrons. The second kappa shape index (κ2) is 9.36. The highest BCUT2D eigenvalue weighted by molar-refractivity contribution is 6.30. The van der Waals surface area contributed by atoms with Gasteiger partial charge in [-0.3, -0.25) is 9.69 Å². The minimum atomic E-state index is 0.188. The molecule has 0 N–H and O–H groups in total. The summed E-state index contributed by atoms with van der Waals surface area (Å²) in [7, 11) is 0. The van der Waals surface area contributed by atoms with E-state index in [1.807, 2.05) is 17.0 Å². The van der Waals surface area contributed by atoms with E-state index < -0.39 is 0 Å². The Kier molecular flexibility index (Phi) is 6.28. The van der Waals surface area contributed by atoms with Crippen LogP contribution in [0.3, 0.4) is 0 Å². The van der Waals surface area contributed by atoms with Crippen molar-refractivity contribution in [3.63, 3.8) is 0 Å². The summed E-state index contributed by atoms with van der Waals surface area (Å²) in [6.07, 6.45) is 5.96. The Morgan fingerprint density at radius 2 is 1.91 bits per heavy atom. The van der Waals surface area contributed by atoms with Gasteiger partial charge >= 0.3 is 0 Å². The van der Waals surface area contributed by atoms with Gasteiger partial charge in [0.1, 0.15) is 11.7 Å². The molecule has 2 aliphatic rings. The van der Waals surface area contributed by atoms with Crippen LogP contribution in [0.1, 0.15) is 43.3 Å². The molecule has 34 heavy (non-hydrogen) atoms. The Morgan fingerprint density at radius 3 is 2.62 bits per heavy atom. The first-order valence-electron chi connectivity index (χ1n) is 11.9. The van der Waals surface area contributed by atoms with E-state index in [1.54, 1.807) is 13.1 Å². The lowest BCUT2D eigenvalue weighted by molar-refractivity contribution is -0.131. The maximum absolute atomic E-state index is 11.7. The first-order chi connectivity index (χ1) is 16.4. The zero-order valence-corrected chi connectivity index (χ0v) is 20.3. The van der Waals surface area contributed by atoms with E-state index >= 15 is 0 Å². The molecule has 0 radical (unpaired) electrons. The van der Waals surface area contributed by atoms with Crippen molar-refractivity contribution < 1.29 is 4.79 Å². The van der Waals surface area contributed by atoms with Crippen LogP contribution >= 0.6 is 11.6 Å². The topological polar surface area (TPSA) is 78.1 Å². The molecule has 8 heteroatoms. The third-order valence-corrected chi connectivity index (χ3v) is 7.78. The van der Waals surface area contributed by atoms with Gasteiger partial charge in [-0.15, -0.1) is 0 Å². The van der Waals surface area contributed by atoms with Gasteiger partial charge in [0, 0.05) is 61.9 Å². The molecule has 2 saturated heterocycles. The van der Waals surface area contributed by atoms with Gasteiger partial charge in [-0.1, -0.05) is 23.7 Å². The van der Waals surface area contributed by atoms with E-state index in [0.29, 0.717) is 5.41 Å². The van der Waals surface area contributed by atoms with Crippen LogP contribution in [-0.4, -0.2) is 56.4 Å². The standard InChI is InChI=1S/C26H29ClN6O/c1-19(34)32-12-8-26(9-13-32)7-11-31(18-26)17-23-14-21-16-29-24(15-28)30-25(21)33(23)10-6-20-2-4-22(27)5-3-20/h2-5,14,16H,6-13,17-18H2,1H3. The molecular formula is C26H29ClN6O. The van der Waals surface area contributed by atoms with E-state index in [2.05, 4.69) is 43.7 Å². The van der Waals surface area contributed by atoms with Crippen LogP contribution < -0.4 is 0 Å². The average molecular weight is 477 g/mol. The monoisotopic (exact) mass is 476 g/mol. The second-order valence-electron chi connectivity index (χ2n) is 9.71. The molecule has 2 fully saturated rings. The quantitative estimate of drug-likeness (QED) is 0.555. The van der Waals surface area contributed by atoms with Gasteiger partial charge in [-0.25, -0.2) is 9.97 Å². The van der Waals surface area contributed by atoms with Crippen LogP contribution in [0, 0.1) is 16.7 Å². The van der Waals surface area contributed by atoms with E-state index in [-0.39, 0.29) is 11.7 Å². The fraction of sp³-hybridized carbons (Fsp3) is 0.462. The number of aromatic nitrogens is 3. The summed E-state index contributed by atoms with van der Waals surface area (Å²) in [6.45, 7) is 7.16. The molecule has 1 spiro atoms. The number of carbonyl (C=O) groups excluding carboxylic acids is 1. The zero-order valence-electron chi connectivity index (χ0n) is 19.5. The van der Waals surface area contributed by atoms with Gasteiger partial charge in [0.05, 0.1) is 0 Å². The van der Waals surface area contributed by atoms with Crippen molar-refractivity contribution in [2.75, 3.05) is 26.2 Å². The smallest absolute Gasteiger partial charge is 0.234 e. The number of likely N-dealkylation sites (tertiary alicyclic amines) is 2. The highest BCUT2D eigenvalue weighted by Crippen LogP contribution is 2.41. The Morgan fingerprint density at radius 1 is 1.18 bits per heavy atom. The predicted molar refractivity (Wildman–Crippen MR) is 131 cm³/mol. The van der Waals surface area contributed by atoms with Crippen LogP contribution in [0.5, 0.6) is 0 Å². The maximum atomic E-state index is 11.7. The fourth-order valence-corrected chi connectivity index (χ4v) is 5.64. The summed E-state index contributed by atoms with van der Waals surface area (Å²) in [6, 6.07) is 12.2. The normalized spacial score (nSPS) is 18.0. The first kappa shape index (κ1) is 22.8. The van der Waals surface area contributed by atoms with Gasteiger partial charge in [0.25, 0.3) is 0 Å². The van der Waals surface area contributed by atoms with E-state index in [1.165, 1.54) is 17.7 Å². The zero-order chi connectivity index (χ0) is 23.7. The molecule has 0 saturated carbocycles. The number of benzene rings is 1. The molecule has 5 rings (SSSR count). The number of hydrogen-bond donors (Lipinski definition) is 0. The number of nitriles is 1. The highest BCUT2D eigenvalue weighted by Gasteiger charge is 2.41. The summed E-state index contributed by atoms with van der Waals surface area (Å²) in [5.74, 6) is 0.384. The number of amides is 1. The average Bonchev–Trinajstić information content (AvgIpc) is 3.39. The van der Waals surface area contributed by atoms with Crippen LogP contribution in [-0.2, 0) is 24.3 Å². The number of piperidine rings is 1. The number of rotatable bonds is 5. The lowest BCUT2D eigenvalue weighted by Crippen LogP contribution is -2.43. The minimum absolute atomic E-state index is 0.188. The molecular weight excluding hydrogens is 448 g/mol. The summed E-state index contributed by atoms with van der Waals surface area (Å²) in [4.78, 5) is 25.0. The maximum Gasteiger partial charge on any atom is 0.234 e. The van der Waals surface area contributed by atoms with E-state index in [0.717, 1.165) is 74.6 Å². The van der Waals surface area contributed by atoms with Crippen molar-refractivity contribution in [2.24, 2.45) is 5.41 Å². The summed E-state index contributed by atoms with van der Waals surface area (Å²) >= 11 is 6.05. The lowest BCUT2D eigenvalue weighted by Gasteiger charge is -2.39. The predicted octanol–water partition coefficient (Wildman–Crippen LogP) is 4.03. The Bertz CT molecular complexity index is 1240. The number of hydrogen-bond acceptors (Lipinski definition) is 5. The first-order valence-corrected chi connectivity index (χ1v) is 12.3. The SMILES string of the molecule is CC(=O)N1CCC2(CCN(Cc3cc4cnc(C#N)nc4n3CCc3ccc(Cl)cc3)C2)CC1. The molecule has 0 bridgehead atoms. The van der Waals surface area contributed by atoms with Gasteiger partial charge in [0.15, 0.2) is 0 Å². The largest absolute Gasteiger partial charge is 0.343 e. The third kappa shape index (κ3) is 4.66. The Hall–Kier alpha value is -2.95. The van der Waals surface area contributed by atoms with Crippen molar-refractivity contribution in [1.82, 2.24) is 24.3 Å². The molecule has 0 aliphatic carbocycles. The van der Waals surface area contributed by atoms with Crippen LogP contribution in [0.15, 0.2) is 36.5 Å². The number of carbonyl (C=O) groups is 1. The molecule has 0 atom stereocenters. The molecule has 1 aromatic carbocycles. The Labute approximate surface area is 205 Å². The summed E-state index contributed by atoms with van der Waals surface area (Å²) in [5.41, 5.74) is 3.55.